The lowest BCUT2D eigenvalue weighted by Gasteiger charge is -2.18. The minimum Gasteiger partial charge on any atom is -0.463 e. The molecule has 0 spiro atoms. The first kappa shape index (κ1) is 15.3. The molecule has 1 aromatic heterocycles. The molecule has 108 valence electrons. The molecule has 3 nitrogen and oxygen atoms in total. The van der Waals surface area contributed by atoms with E-state index in [0.717, 1.165) is 33.1 Å². The number of furan rings is 1. The molecule has 0 aliphatic rings. The Hall–Kier alpha value is -1.07. The highest BCUT2D eigenvalue weighted by molar-refractivity contribution is 9.10. The molecule has 0 amide bonds. The van der Waals surface area contributed by atoms with Crippen LogP contribution in [0.25, 0.3) is 0 Å². The standard InChI is InChI=1S/C15H19BrN2OS/c1-18(2)15-7-4-11(16)8-14(15)17-9-12-5-6-13(19-12)10-20-3/h4-8,17H,9-10H2,1-3H3. The Labute approximate surface area is 132 Å². The third kappa shape index (κ3) is 3.96. The minimum absolute atomic E-state index is 0.686. The van der Waals surface area contributed by atoms with Crippen molar-refractivity contribution in [1.82, 2.24) is 0 Å². The van der Waals surface area contributed by atoms with Gasteiger partial charge in [-0.05, 0) is 36.6 Å². The van der Waals surface area contributed by atoms with Crippen LogP contribution in [-0.4, -0.2) is 20.4 Å². The van der Waals surface area contributed by atoms with E-state index >= 15 is 0 Å². The summed E-state index contributed by atoms with van der Waals surface area (Å²) in [6, 6.07) is 10.3. The van der Waals surface area contributed by atoms with E-state index in [1.807, 2.05) is 32.3 Å². The number of rotatable bonds is 6. The van der Waals surface area contributed by atoms with Crippen molar-refractivity contribution in [2.45, 2.75) is 12.3 Å². The van der Waals surface area contributed by atoms with Gasteiger partial charge in [-0.2, -0.15) is 11.8 Å². The molecule has 0 saturated heterocycles. The molecular formula is C15H19BrN2OS. The largest absolute Gasteiger partial charge is 0.463 e. The number of hydrogen-bond acceptors (Lipinski definition) is 4. The molecule has 0 radical (unpaired) electrons. The molecule has 0 bridgehead atoms. The predicted octanol–water partition coefficient (Wildman–Crippen LogP) is 4.58. The van der Waals surface area contributed by atoms with E-state index in [-0.39, 0.29) is 0 Å². The third-order valence-corrected chi connectivity index (χ3v) is 3.96. The SMILES string of the molecule is CSCc1ccc(CNc2cc(Br)ccc2N(C)C)o1. The van der Waals surface area contributed by atoms with Gasteiger partial charge in [-0.25, -0.2) is 0 Å². The van der Waals surface area contributed by atoms with Crippen LogP contribution in [0.4, 0.5) is 11.4 Å². The maximum absolute atomic E-state index is 5.77. The molecule has 0 aliphatic heterocycles. The second-order valence-corrected chi connectivity index (χ2v) is 6.49. The smallest absolute Gasteiger partial charge is 0.123 e. The lowest BCUT2D eigenvalue weighted by atomic mass is 10.2. The van der Waals surface area contributed by atoms with Gasteiger partial charge in [0, 0.05) is 18.6 Å². The quantitative estimate of drug-likeness (QED) is 0.821. The molecule has 20 heavy (non-hydrogen) atoms. The van der Waals surface area contributed by atoms with Crippen LogP contribution in [0.5, 0.6) is 0 Å². The number of hydrogen-bond donors (Lipinski definition) is 1. The van der Waals surface area contributed by atoms with E-state index in [1.165, 1.54) is 0 Å². The van der Waals surface area contributed by atoms with Crippen LogP contribution in [0, 0.1) is 0 Å². The molecule has 2 aromatic rings. The van der Waals surface area contributed by atoms with Crippen molar-refractivity contribution in [1.29, 1.82) is 0 Å². The molecule has 0 saturated carbocycles. The van der Waals surface area contributed by atoms with Crippen molar-refractivity contribution in [2.24, 2.45) is 0 Å². The molecule has 1 N–H and O–H groups in total. The number of thioether (sulfide) groups is 1. The van der Waals surface area contributed by atoms with Crippen molar-refractivity contribution >= 4 is 39.1 Å². The van der Waals surface area contributed by atoms with E-state index < -0.39 is 0 Å². The molecule has 0 fully saturated rings. The van der Waals surface area contributed by atoms with Crippen molar-refractivity contribution in [2.75, 3.05) is 30.6 Å². The fraction of sp³-hybridized carbons (Fsp3) is 0.333. The second-order valence-electron chi connectivity index (χ2n) is 4.71. The average molecular weight is 355 g/mol. The zero-order chi connectivity index (χ0) is 14.5. The van der Waals surface area contributed by atoms with E-state index in [9.17, 15) is 0 Å². The lowest BCUT2D eigenvalue weighted by molar-refractivity contribution is 0.487. The van der Waals surface area contributed by atoms with Gasteiger partial charge in [-0.15, -0.1) is 0 Å². The highest BCUT2D eigenvalue weighted by Gasteiger charge is 2.07. The summed E-state index contributed by atoms with van der Waals surface area (Å²) in [5.41, 5.74) is 2.25. The van der Waals surface area contributed by atoms with Crippen LogP contribution in [0.2, 0.25) is 0 Å². The van der Waals surface area contributed by atoms with Crippen LogP contribution < -0.4 is 10.2 Å². The summed E-state index contributed by atoms with van der Waals surface area (Å²) in [4.78, 5) is 2.09. The Morgan fingerprint density at radius 3 is 2.65 bits per heavy atom. The fourth-order valence-corrected chi connectivity index (χ4v) is 2.76. The molecule has 1 aromatic carbocycles. The molecular weight excluding hydrogens is 336 g/mol. The number of nitrogens with one attached hydrogen (secondary N) is 1. The van der Waals surface area contributed by atoms with Gasteiger partial charge in [0.25, 0.3) is 0 Å². The maximum atomic E-state index is 5.77. The van der Waals surface area contributed by atoms with E-state index in [2.05, 4.69) is 44.5 Å². The summed E-state index contributed by atoms with van der Waals surface area (Å²) >= 11 is 5.28. The number of nitrogens with zero attached hydrogens (tertiary/aromatic N) is 1. The summed E-state index contributed by atoms with van der Waals surface area (Å²) in [6.45, 7) is 0.686. The van der Waals surface area contributed by atoms with Gasteiger partial charge in [-0.3, -0.25) is 0 Å². The molecule has 0 unspecified atom stereocenters. The molecule has 1 heterocycles. The van der Waals surface area contributed by atoms with Gasteiger partial charge in [-0.1, -0.05) is 15.9 Å². The van der Waals surface area contributed by atoms with Crippen molar-refractivity contribution in [3.8, 4) is 0 Å². The minimum atomic E-state index is 0.686. The number of halogens is 1. The average Bonchev–Trinajstić information content (AvgIpc) is 2.84. The number of anilines is 2. The van der Waals surface area contributed by atoms with E-state index in [0.29, 0.717) is 6.54 Å². The zero-order valence-corrected chi connectivity index (χ0v) is 14.3. The van der Waals surface area contributed by atoms with Gasteiger partial charge < -0.3 is 14.6 Å². The summed E-state index contributed by atoms with van der Waals surface area (Å²) in [5.74, 6) is 2.90. The molecule has 0 atom stereocenters. The van der Waals surface area contributed by atoms with Gasteiger partial charge in [0.1, 0.15) is 11.5 Å². The van der Waals surface area contributed by atoms with Gasteiger partial charge in [0.15, 0.2) is 0 Å². The summed E-state index contributed by atoms with van der Waals surface area (Å²) in [6.07, 6.45) is 2.07. The van der Waals surface area contributed by atoms with E-state index in [1.54, 1.807) is 11.8 Å². The molecule has 0 aliphatic carbocycles. The Balaban J connectivity index is 2.07. The van der Waals surface area contributed by atoms with Gasteiger partial charge in [0.2, 0.25) is 0 Å². The Morgan fingerprint density at radius 2 is 1.95 bits per heavy atom. The van der Waals surface area contributed by atoms with Crippen molar-refractivity contribution in [3.05, 3.63) is 46.3 Å². The second kappa shape index (κ2) is 7.09. The summed E-state index contributed by atoms with van der Waals surface area (Å²) in [5, 5.41) is 3.43. The van der Waals surface area contributed by atoms with Gasteiger partial charge in [0.05, 0.1) is 23.7 Å². The highest BCUT2D eigenvalue weighted by atomic mass is 79.9. The Bertz CT molecular complexity index is 569. The van der Waals surface area contributed by atoms with Crippen LogP contribution in [0.3, 0.4) is 0 Å². The molecule has 5 heteroatoms. The van der Waals surface area contributed by atoms with E-state index in [4.69, 9.17) is 4.42 Å². The molecule has 2 rings (SSSR count). The predicted molar refractivity (Wildman–Crippen MR) is 91.7 cm³/mol. The summed E-state index contributed by atoms with van der Waals surface area (Å²) in [7, 11) is 4.08. The van der Waals surface area contributed by atoms with Crippen LogP contribution in [0.15, 0.2) is 39.2 Å². The fourth-order valence-electron chi connectivity index (χ4n) is 1.96. The first-order valence-corrected chi connectivity index (χ1v) is 8.56. The Morgan fingerprint density at radius 1 is 1.20 bits per heavy atom. The first-order valence-electron chi connectivity index (χ1n) is 6.37. The van der Waals surface area contributed by atoms with Crippen molar-refractivity contribution < 1.29 is 4.42 Å². The monoisotopic (exact) mass is 354 g/mol. The van der Waals surface area contributed by atoms with Crippen LogP contribution in [0.1, 0.15) is 11.5 Å². The zero-order valence-electron chi connectivity index (χ0n) is 11.9. The lowest BCUT2D eigenvalue weighted by Crippen LogP contribution is -2.12. The Kier molecular flexibility index (Phi) is 5.43. The van der Waals surface area contributed by atoms with Crippen LogP contribution in [-0.2, 0) is 12.3 Å². The van der Waals surface area contributed by atoms with Crippen LogP contribution >= 0.6 is 27.7 Å². The highest BCUT2D eigenvalue weighted by Crippen LogP contribution is 2.28. The first-order chi connectivity index (χ1) is 9.60. The number of benzene rings is 1. The third-order valence-electron chi connectivity index (χ3n) is 2.90. The van der Waals surface area contributed by atoms with Gasteiger partial charge >= 0.3 is 0 Å². The summed E-state index contributed by atoms with van der Waals surface area (Å²) < 4.78 is 6.83. The topological polar surface area (TPSA) is 28.4 Å². The maximum Gasteiger partial charge on any atom is 0.123 e. The normalized spacial score (nSPS) is 10.6. The van der Waals surface area contributed by atoms with Crippen molar-refractivity contribution in [3.63, 3.8) is 0 Å².